The minimum atomic E-state index is -0.332. The summed E-state index contributed by atoms with van der Waals surface area (Å²) in [5, 5.41) is 6.50. The molecule has 0 aliphatic carbocycles. The highest BCUT2D eigenvalue weighted by Gasteiger charge is 2.05. The lowest BCUT2D eigenvalue weighted by molar-refractivity contribution is -0.122. The lowest BCUT2D eigenvalue weighted by Gasteiger charge is -2.06. The van der Waals surface area contributed by atoms with Gasteiger partial charge in [-0.15, -0.1) is 0 Å². The van der Waals surface area contributed by atoms with Crippen LogP contribution in [0.2, 0.25) is 0 Å². The molecule has 6 heteroatoms. The van der Waals surface area contributed by atoms with Crippen LogP contribution in [0.3, 0.4) is 0 Å². The maximum Gasteiger partial charge on any atom is 0.242 e. The van der Waals surface area contributed by atoms with Crippen molar-refractivity contribution in [2.75, 3.05) is 5.73 Å². The van der Waals surface area contributed by atoms with E-state index in [2.05, 4.69) is 10.4 Å². The smallest absolute Gasteiger partial charge is 0.242 e. The standard InChI is InChI=1S/C12H13FN4O/c13-11-4-2-1-3-9(11)5-15-12(18)8-17-7-10(14)6-16-17/h1-4,6-7H,5,8,14H2,(H,15,18). The molecule has 94 valence electrons. The first-order valence-electron chi connectivity index (χ1n) is 5.43. The SMILES string of the molecule is Nc1cnn(CC(=O)NCc2ccccc2F)c1. The van der Waals surface area contributed by atoms with Crippen molar-refractivity contribution >= 4 is 11.6 Å². The summed E-state index contributed by atoms with van der Waals surface area (Å²) >= 11 is 0. The number of hydrogen-bond acceptors (Lipinski definition) is 3. The molecule has 1 aromatic carbocycles. The first-order chi connectivity index (χ1) is 8.65. The average molecular weight is 248 g/mol. The first kappa shape index (κ1) is 12.1. The summed E-state index contributed by atoms with van der Waals surface area (Å²) in [7, 11) is 0. The lowest BCUT2D eigenvalue weighted by Crippen LogP contribution is -2.27. The Bertz CT molecular complexity index is 553. The molecule has 0 atom stereocenters. The van der Waals surface area contributed by atoms with Crippen LogP contribution in [0.4, 0.5) is 10.1 Å². The summed E-state index contributed by atoms with van der Waals surface area (Å²) in [4.78, 5) is 11.6. The van der Waals surface area contributed by atoms with E-state index >= 15 is 0 Å². The van der Waals surface area contributed by atoms with Gasteiger partial charge in [0, 0.05) is 18.3 Å². The number of amides is 1. The van der Waals surface area contributed by atoms with Crippen LogP contribution in [0.1, 0.15) is 5.56 Å². The van der Waals surface area contributed by atoms with Crippen LogP contribution < -0.4 is 11.1 Å². The first-order valence-corrected chi connectivity index (χ1v) is 5.43. The number of carbonyl (C=O) groups excluding carboxylic acids is 1. The molecule has 0 fully saturated rings. The molecule has 5 nitrogen and oxygen atoms in total. The zero-order valence-electron chi connectivity index (χ0n) is 9.64. The van der Waals surface area contributed by atoms with Crippen molar-refractivity contribution in [3.05, 3.63) is 48.0 Å². The third kappa shape index (κ3) is 3.07. The molecule has 3 N–H and O–H groups in total. The largest absolute Gasteiger partial charge is 0.396 e. The predicted octanol–water partition coefficient (Wildman–Crippen LogP) is 0.921. The summed E-state index contributed by atoms with van der Waals surface area (Å²) in [6, 6.07) is 6.31. The predicted molar refractivity (Wildman–Crippen MR) is 64.9 cm³/mol. The van der Waals surface area contributed by atoms with Gasteiger partial charge in [-0.25, -0.2) is 4.39 Å². The molecule has 0 saturated heterocycles. The second-order valence-electron chi connectivity index (χ2n) is 3.84. The molecule has 2 rings (SSSR count). The molecule has 2 aromatic rings. The second-order valence-corrected chi connectivity index (χ2v) is 3.84. The Labute approximate surface area is 103 Å². The number of nitrogens with two attached hydrogens (primary N) is 1. The summed E-state index contributed by atoms with van der Waals surface area (Å²) in [5.74, 6) is -0.581. The van der Waals surface area contributed by atoms with E-state index < -0.39 is 0 Å². The van der Waals surface area contributed by atoms with Crippen LogP contribution in [0.5, 0.6) is 0 Å². The summed E-state index contributed by atoms with van der Waals surface area (Å²) < 4.78 is 14.7. The van der Waals surface area contributed by atoms with Crippen molar-refractivity contribution < 1.29 is 9.18 Å². The Kier molecular flexibility index (Phi) is 3.57. The van der Waals surface area contributed by atoms with E-state index in [1.54, 1.807) is 24.4 Å². The summed E-state index contributed by atoms with van der Waals surface area (Å²) in [5.41, 5.74) is 6.42. The van der Waals surface area contributed by atoms with E-state index in [0.29, 0.717) is 11.3 Å². The molecule has 0 radical (unpaired) electrons. The van der Waals surface area contributed by atoms with E-state index in [-0.39, 0.29) is 24.8 Å². The number of hydrogen-bond donors (Lipinski definition) is 2. The number of halogens is 1. The third-order valence-electron chi connectivity index (χ3n) is 2.39. The normalized spacial score (nSPS) is 10.3. The van der Waals surface area contributed by atoms with Gasteiger partial charge in [-0.1, -0.05) is 18.2 Å². The molecule has 1 aromatic heterocycles. The highest BCUT2D eigenvalue weighted by atomic mass is 19.1. The molecule has 1 amide bonds. The summed E-state index contributed by atoms with van der Waals surface area (Å²) in [6.07, 6.45) is 3.02. The highest BCUT2D eigenvalue weighted by Crippen LogP contribution is 2.05. The average Bonchev–Trinajstić information content (AvgIpc) is 2.74. The molecular formula is C12H13FN4O. The van der Waals surface area contributed by atoms with Crippen molar-refractivity contribution in [2.24, 2.45) is 0 Å². The molecule has 0 aliphatic heterocycles. The summed E-state index contributed by atoms with van der Waals surface area (Å²) in [6.45, 7) is 0.216. The molecular weight excluding hydrogens is 235 g/mol. The molecule has 1 heterocycles. The van der Waals surface area contributed by atoms with Gasteiger partial charge in [0.05, 0.1) is 11.9 Å². The number of benzene rings is 1. The number of aromatic nitrogens is 2. The van der Waals surface area contributed by atoms with Crippen LogP contribution in [-0.2, 0) is 17.9 Å². The van der Waals surface area contributed by atoms with Gasteiger partial charge in [0.1, 0.15) is 12.4 Å². The zero-order valence-corrected chi connectivity index (χ0v) is 9.64. The Morgan fingerprint density at radius 1 is 1.44 bits per heavy atom. The molecule has 0 unspecified atom stereocenters. The van der Waals surface area contributed by atoms with Gasteiger partial charge >= 0.3 is 0 Å². The van der Waals surface area contributed by atoms with E-state index in [1.807, 2.05) is 0 Å². The van der Waals surface area contributed by atoms with Crippen molar-refractivity contribution in [2.45, 2.75) is 13.1 Å². The maximum atomic E-state index is 13.3. The van der Waals surface area contributed by atoms with Crippen molar-refractivity contribution in [1.29, 1.82) is 0 Å². The van der Waals surface area contributed by atoms with Crippen LogP contribution >= 0.6 is 0 Å². The molecule has 0 bridgehead atoms. The monoisotopic (exact) mass is 248 g/mol. The number of carbonyl (C=O) groups is 1. The number of nitrogens with one attached hydrogen (secondary N) is 1. The van der Waals surface area contributed by atoms with Crippen LogP contribution in [0.25, 0.3) is 0 Å². The molecule has 0 aliphatic rings. The van der Waals surface area contributed by atoms with E-state index in [4.69, 9.17) is 5.73 Å². The van der Waals surface area contributed by atoms with Gasteiger partial charge in [-0.05, 0) is 6.07 Å². The number of rotatable bonds is 4. The minimum absolute atomic E-state index is 0.0612. The quantitative estimate of drug-likeness (QED) is 0.845. The van der Waals surface area contributed by atoms with Gasteiger partial charge in [0.25, 0.3) is 0 Å². The van der Waals surface area contributed by atoms with Gasteiger partial charge in [0.2, 0.25) is 5.91 Å². The Morgan fingerprint density at radius 3 is 2.89 bits per heavy atom. The second kappa shape index (κ2) is 5.31. The zero-order chi connectivity index (χ0) is 13.0. The number of nitrogen functional groups attached to an aromatic ring is 1. The topological polar surface area (TPSA) is 72.9 Å². The fourth-order valence-electron chi connectivity index (χ4n) is 1.50. The van der Waals surface area contributed by atoms with Gasteiger partial charge in [-0.3, -0.25) is 9.48 Å². The van der Waals surface area contributed by atoms with Crippen molar-refractivity contribution in [1.82, 2.24) is 15.1 Å². The van der Waals surface area contributed by atoms with Crippen molar-refractivity contribution in [3.8, 4) is 0 Å². The third-order valence-corrected chi connectivity index (χ3v) is 2.39. The Hall–Kier alpha value is -2.37. The Morgan fingerprint density at radius 2 is 2.22 bits per heavy atom. The number of nitrogens with zero attached hydrogens (tertiary/aromatic N) is 2. The molecule has 0 spiro atoms. The molecule has 0 saturated carbocycles. The van der Waals surface area contributed by atoms with E-state index in [9.17, 15) is 9.18 Å². The van der Waals surface area contributed by atoms with Crippen LogP contribution in [0, 0.1) is 5.82 Å². The lowest BCUT2D eigenvalue weighted by atomic mass is 10.2. The fourth-order valence-corrected chi connectivity index (χ4v) is 1.50. The fraction of sp³-hybridized carbons (Fsp3) is 0.167. The van der Waals surface area contributed by atoms with Gasteiger partial charge in [0.15, 0.2) is 0 Å². The highest BCUT2D eigenvalue weighted by molar-refractivity contribution is 5.75. The number of anilines is 1. The minimum Gasteiger partial charge on any atom is -0.396 e. The maximum absolute atomic E-state index is 13.3. The molecule has 18 heavy (non-hydrogen) atoms. The van der Waals surface area contributed by atoms with E-state index in [1.165, 1.54) is 16.9 Å². The van der Waals surface area contributed by atoms with Crippen molar-refractivity contribution in [3.63, 3.8) is 0 Å². The van der Waals surface area contributed by atoms with E-state index in [0.717, 1.165) is 0 Å². The van der Waals surface area contributed by atoms with Gasteiger partial charge < -0.3 is 11.1 Å². The Balaban J connectivity index is 1.87. The van der Waals surface area contributed by atoms with Crippen LogP contribution in [0.15, 0.2) is 36.7 Å². The van der Waals surface area contributed by atoms with Gasteiger partial charge in [-0.2, -0.15) is 5.10 Å². The van der Waals surface area contributed by atoms with Crippen LogP contribution in [-0.4, -0.2) is 15.7 Å².